The summed E-state index contributed by atoms with van der Waals surface area (Å²) in [7, 11) is 0. The number of rotatable bonds is 3. The summed E-state index contributed by atoms with van der Waals surface area (Å²) in [5.74, 6) is -0.928. The Balaban J connectivity index is 2.00. The molecular formula is C15H12N2O2S2. The summed E-state index contributed by atoms with van der Waals surface area (Å²) in [5, 5.41) is 12.9. The molecule has 6 heteroatoms. The van der Waals surface area contributed by atoms with Gasteiger partial charge >= 0.3 is 5.97 Å². The first-order chi connectivity index (χ1) is 10.0. The lowest BCUT2D eigenvalue weighted by Crippen LogP contribution is -1.95. The fourth-order valence-electron chi connectivity index (χ4n) is 2.06. The van der Waals surface area contributed by atoms with Crippen molar-refractivity contribution in [2.75, 3.05) is 0 Å². The van der Waals surface area contributed by atoms with E-state index >= 15 is 0 Å². The Morgan fingerprint density at radius 1 is 1.24 bits per heavy atom. The van der Waals surface area contributed by atoms with Crippen LogP contribution in [0.2, 0.25) is 0 Å². The second kappa shape index (κ2) is 5.38. The van der Waals surface area contributed by atoms with E-state index in [1.165, 1.54) is 11.3 Å². The molecule has 1 N–H and O–H groups in total. The molecule has 0 fully saturated rings. The molecule has 0 aliphatic heterocycles. The largest absolute Gasteiger partial charge is 0.478 e. The van der Waals surface area contributed by atoms with E-state index in [4.69, 9.17) is 5.11 Å². The predicted octanol–water partition coefficient (Wildman–Crippen LogP) is 4.25. The van der Waals surface area contributed by atoms with Crippen LogP contribution in [-0.4, -0.2) is 21.0 Å². The lowest BCUT2D eigenvalue weighted by Gasteiger charge is -1.98. The first-order valence-electron chi connectivity index (χ1n) is 6.28. The molecule has 0 unspecified atom stereocenters. The molecule has 3 aromatic rings. The number of carboxylic acid groups (broad SMARTS) is 1. The van der Waals surface area contributed by atoms with Gasteiger partial charge in [0, 0.05) is 10.9 Å². The van der Waals surface area contributed by atoms with Crippen LogP contribution in [0.15, 0.2) is 29.6 Å². The van der Waals surface area contributed by atoms with Crippen LogP contribution < -0.4 is 0 Å². The number of nitrogens with zero attached hydrogens (tertiary/aromatic N) is 2. The molecule has 4 nitrogen and oxygen atoms in total. The van der Waals surface area contributed by atoms with Crippen LogP contribution in [0, 0.1) is 13.8 Å². The molecule has 2 aromatic heterocycles. The van der Waals surface area contributed by atoms with Gasteiger partial charge in [0.2, 0.25) is 0 Å². The number of carboxylic acids is 1. The quantitative estimate of drug-likeness (QED) is 0.784. The molecule has 106 valence electrons. The number of carbonyl (C=O) groups is 1. The third-order valence-electron chi connectivity index (χ3n) is 3.00. The second-order valence-corrected chi connectivity index (χ2v) is 6.63. The molecule has 0 spiro atoms. The van der Waals surface area contributed by atoms with Crippen LogP contribution in [-0.2, 0) is 0 Å². The van der Waals surface area contributed by atoms with Crippen LogP contribution in [0.1, 0.15) is 21.1 Å². The molecular weight excluding hydrogens is 304 g/mol. The van der Waals surface area contributed by atoms with E-state index in [0.717, 1.165) is 31.8 Å². The molecule has 21 heavy (non-hydrogen) atoms. The zero-order valence-corrected chi connectivity index (χ0v) is 13.1. The van der Waals surface area contributed by atoms with Crippen molar-refractivity contribution in [3.8, 4) is 21.1 Å². The van der Waals surface area contributed by atoms with Gasteiger partial charge in [-0.1, -0.05) is 12.1 Å². The fourth-order valence-corrected chi connectivity index (χ4v) is 3.83. The first kappa shape index (κ1) is 13.9. The average Bonchev–Trinajstić information content (AvgIpc) is 3.05. The zero-order valence-electron chi connectivity index (χ0n) is 11.5. The zero-order chi connectivity index (χ0) is 15.0. The summed E-state index contributed by atoms with van der Waals surface area (Å²) in [4.78, 5) is 21.1. The Morgan fingerprint density at radius 3 is 2.71 bits per heavy atom. The number of aromatic carboxylic acids is 1. The van der Waals surface area contributed by atoms with Crippen molar-refractivity contribution in [3.05, 3.63) is 45.9 Å². The minimum atomic E-state index is -0.928. The van der Waals surface area contributed by atoms with Crippen molar-refractivity contribution in [2.45, 2.75) is 13.8 Å². The van der Waals surface area contributed by atoms with Crippen LogP contribution in [0.25, 0.3) is 21.1 Å². The minimum Gasteiger partial charge on any atom is -0.478 e. The van der Waals surface area contributed by atoms with Crippen molar-refractivity contribution >= 4 is 28.6 Å². The molecule has 3 rings (SSSR count). The van der Waals surface area contributed by atoms with E-state index < -0.39 is 5.97 Å². The van der Waals surface area contributed by atoms with Crippen LogP contribution in [0.3, 0.4) is 0 Å². The van der Waals surface area contributed by atoms with Gasteiger partial charge in [-0.15, -0.1) is 22.7 Å². The molecule has 0 bridgehead atoms. The average molecular weight is 316 g/mol. The van der Waals surface area contributed by atoms with E-state index in [0.29, 0.717) is 0 Å². The number of aryl methyl sites for hydroxylation is 2. The molecule has 0 atom stereocenters. The third-order valence-corrected chi connectivity index (χ3v) is 4.98. The maximum Gasteiger partial charge on any atom is 0.335 e. The Morgan fingerprint density at radius 2 is 2.05 bits per heavy atom. The summed E-state index contributed by atoms with van der Waals surface area (Å²) in [5.41, 5.74) is 2.98. The van der Waals surface area contributed by atoms with E-state index in [9.17, 15) is 4.79 Å². The highest BCUT2D eigenvalue weighted by molar-refractivity contribution is 7.16. The molecule has 0 saturated heterocycles. The van der Waals surface area contributed by atoms with E-state index in [2.05, 4.69) is 9.97 Å². The minimum absolute atomic E-state index is 0.272. The topological polar surface area (TPSA) is 63.1 Å². The number of hydrogen-bond donors (Lipinski definition) is 1. The molecule has 0 aliphatic carbocycles. The first-order valence-corrected chi connectivity index (χ1v) is 7.98. The smallest absolute Gasteiger partial charge is 0.335 e. The summed E-state index contributed by atoms with van der Waals surface area (Å²) in [6.45, 7) is 3.95. The SMILES string of the molecule is Cc1nc(C)c(-c2csc(-c3cccc(C(=O)O)c3)n2)s1. The predicted molar refractivity (Wildman–Crippen MR) is 85.1 cm³/mol. The summed E-state index contributed by atoms with van der Waals surface area (Å²) < 4.78 is 0. The third kappa shape index (κ3) is 2.72. The van der Waals surface area contributed by atoms with Gasteiger partial charge in [-0.05, 0) is 26.0 Å². The standard InChI is InChI=1S/C15H12N2O2S2/c1-8-13(21-9(2)16-8)12-7-20-14(17-12)10-4-3-5-11(6-10)15(18)19/h3-7H,1-2H3,(H,18,19). The highest BCUT2D eigenvalue weighted by Crippen LogP contribution is 2.33. The molecule has 0 amide bonds. The van der Waals surface area contributed by atoms with Crippen molar-refractivity contribution in [1.29, 1.82) is 0 Å². The summed E-state index contributed by atoms with van der Waals surface area (Å²) in [6, 6.07) is 6.84. The molecule has 0 aliphatic rings. The molecule has 0 radical (unpaired) electrons. The number of aromatic nitrogens is 2. The van der Waals surface area contributed by atoms with Crippen molar-refractivity contribution in [3.63, 3.8) is 0 Å². The van der Waals surface area contributed by atoms with Crippen molar-refractivity contribution < 1.29 is 9.90 Å². The maximum absolute atomic E-state index is 11.0. The normalized spacial score (nSPS) is 10.8. The molecule has 2 heterocycles. The Kier molecular flexibility index (Phi) is 3.57. The number of benzene rings is 1. The molecule has 1 aromatic carbocycles. The van der Waals surface area contributed by atoms with Gasteiger partial charge in [-0.25, -0.2) is 14.8 Å². The lowest BCUT2D eigenvalue weighted by atomic mass is 10.1. The lowest BCUT2D eigenvalue weighted by molar-refractivity contribution is 0.0697. The second-order valence-electron chi connectivity index (χ2n) is 4.57. The summed E-state index contributed by atoms with van der Waals surface area (Å²) >= 11 is 3.13. The van der Waals surface area contributed by atoms with Gasteiger partial charge in [0.15, 0.2) is 0 Å². The van der Waals surface area contributed by atoms with Crippen LogP contribution in [0.5, 0.6) is 0 Å². The number of hydrogen-bond acceptors (Lipinski definition) is 5. The van der Waals surface area contributed by atoms with E-state index in [1.54, 1.807) is 29.5 Å². The Bertz CT molecular complexity index is 821. The van der Waals surface area contributed by atoms with Gasteiger partial charge in [-0.3, -0.25) is 0 Å². The summed E-state index contributed by atoms with van der Waals surface area (Å²) in [6.07, 6.45) is 0. The van der Waals surface area contributed by atoms with Crippen LogP contribution in [0.4, 0.5) is 0 Å². The fraction of sp³-hybridized carbons (Fsp3) is 0.133. The van der Waals surface area contributed by atoms with E-state index in [1.807, 2.05) is 25.3 Å². The Labute approximate surface area is 129 Å². The molecule has 0 saturated carbocycles. The maximum atomic E-state index is 11.0. The Hall–Kier alpha value is -2.05. The number of thiazole rings is 2. The van der Waals surface area contributed by atoms with Gasteiger partial charge < -0.3 is 5.11 Å². The van der Waals surface area contributed by atoms with Crippen molar-refractivity contribution in [1.82, 2.24) is 9.97 Å². The van der Waals surface area contributed by atoms with Gasteiger partial charge in [0.1, 0.15) is 5.01 Å². The highest BCUT2D eigenvalue weighted by Gasteiger charge is 2.13. The highest BCUT2D eigenvalue weighted by atomic mass is 32.1. The van der Waals surface area contributed by atoms with Crippen LogP contribution >= 0.6 is 22.7 Å². The van der Waals surface area contributed by atoms with Gasteiger partial charge in [0.25, 0.3) is 0 Å². The van der Waals surface area contributed by atoms with Crippen molar-refractivity contribution in [2.24, 2.45) is 0 Å². The van der Waals surface area contributed by atoms with Gasteiger partial charge in [0.05, 0.1) is 26.8 Å². The van der Waals surface area contributed by atoms with E-state index in [-0.39, 0.29) is 5.56 Å². The monoisotopic (exact) mass is 316 g/mol. The van der Waals surface area contributed by atoms with Gasteiger partial charge in [-0.2, -0.15) is 0 Å².